The van der Waals surface area contributed by atoms with Gasteiger partial charge in [-0.15, -0.1) is 0 Å². The maximum atomic E-state index is 5.50. The molecule has 2 heteroatoms. The first-order valence-corrected chi connectivity index (χ1v) is 7.55. The van der Waals surface area contributed by atoms with E-state index in [2.05, 4.69) is 62.5 Å². The van der Waals surface area contributed by atoms with Gasteiger partial charge in [0.2, 0.25) is 0 Å². The predicted octanol–water partition coefficient (Wildman–Crippen LogP) is 4.16. The Kier molecular flexibility index (Phi) is 2.32. The van der Waals surface area contributed by atoms with Gasteiger partial charge in [0.15, 0.2) is 0 Å². The summed E-state index contributed by atoms with van der Waals surface area (Å²) in [5, 5.41) is 3.83. The Morgan fingerprint density at radius 2 is 1.86 bits per heavy atom. The summed E-state index contributed by atoms with van der Waals surface area (Å²) in [6.45, 7) is 6.88. The van der Waals surface area contributed by atoms with E-state index >= 15 is 0 Å². The first-order valence-electron chi connectivity index (χ1n) is 7.55. The SMILES string of the molecule is COc1cc(C)c2c(c1)C1(C)Cc3ccccc3C1(C)N2. The van der Waals surface area contributed by atoms with Crippen LogP contribution in [0.15, 0.2) is 36.4 Å². The van der Waals surface area contributed by atoms with Crippen LogP contribution in [0.5, 0.6) is 5.75 Å². The van der Waals surface area contributed by atoms with E-state index in [4.69, 9.17) is 4.74 Å². The summed E-state index contributed by atoms with van der Waals surface area (Å²) in [5.41, 5.74) is 6.86. The van der Waals surface area contributed by atoms with Crippen molar-refractivity contribution in [2.75, 3.05) is 12.4 Å². The third-order valence-corrected chi connectivity index (χ3v) is 5.72. The number of benzene rings is 2. The van der Waals surface area contributed by atoms with Crippen molar-refractivity contribution in [1.82, 2.24) is 0 Å². The molecule has 0 amide bonds. The number of fused-ring (bicyclic) bond motifs is 5. The van der Waals surface area contributed by atoms with Gasteiger partial charge in [-0.05, 0) is 54.7 Å². The van der Waals surface area contributed by atoms with E-state index in [0.717, 1.165) is 12.2 Å². The van der Waals surface area contributed by atoms with Gasteiger partial charge in [0.25, 0.3) is 0 Å². The van der Waals surface area contributed by atoms with Crippen LogP contribution in [-0.2, 0) is 17.4 Å². The second-order valence-corrected chi connectivity index (χ2v) is 6.78. The van der Waals surface area contributed by atoms with E-state index < -0.39 is 0 Å². The Hall–Kier alpha value is -1.96. The van der Waals surface area contributed by atoms with Gasteiger partial charge in [0.05, 0.1) is 12.6 Å². The van der Waals surface area contributed by atoms with Crippen molar-refractivity contribution in [3.8, 4) is 5.75 Å². The van der Waals surface area contributed by atoms with Crippen LogP contribution in [-0.4, -0.2) is 7.11 Å². The van der Waals surface area contributed by atoms with Crippen LogP contribution in [0.1, 0.15) is 36.1 Å². The molecule has 0 bridgehead atoms. The lowest BCUT2D eigenvalue weighted by molar-refractivity contribution is 0.339. The standard InChI is InChI=1S/C19H21NO/c1-12-9-14(21-4)10-16-17(12)20-19(3)15-8-6-5-7-13(15)11-18(16,19)2/h5-10,20H,11H2,1-4H3. The van der Waals surface area contributed by atoms with Crippen molar-refractivity contribution < 1.29 is 4.74 Å². The van der Waals surface area contributed by atoms with Gasteiger partial charge in [0, 0.05) is 11.1 Å². The molecule has 0 saturated heterocycles. The molecule has 2 nitrogen and oxygen atoms in total. The number of ether oxygens (including phenoxy) is 1. The Morgan fingerprint density at radius 3 is 2.62 bits per heavy atom. The molecule has 0 aromatic heterocycles. The minimum absolute atomic E-state index is 0.0386. The zero-order valence-corrected chi connectivity index (χ0v) is 13.1. The lowest BCUT2D eigenvalue weighted by atomic mass is 9.71. The van der Waals surface area contributed by atoms with Gasteiger partial charge in [0.1, 0.15) is 5.75 Å². The van der Waals surface area contributed by atoms with Crippen LogP contribution in [0.25, 0.3) is 0 Å². The van der Waals surface area contributed by atoms with Crippen LogP contribution >= 0.6 is 0 Å². The fraction of sp³-hybridized carbons (Fsp3) is 0.368. The second-order valence-electron chi connectivity index (χ2n) is 6.78. The molecule has 1 N–H and O–H groups in total. The van der Waals surface area contributed by atoms with E-state index in [1.807, 2.05) is 0 Å². The first-order chi connectivity index (χ1) is 9.99. The third kappa shape index (κ3) is 1.38. The van der Waals surface area contributed by atoms with Crippen LogP contribution in [0.4, 0.5) is 5.69 Å². The highest BCUT2D eigenvalue weighted by atomic mass is 16.5. The molecule has 0 radical (unpaired) electrons. The molecular formula is C19H21NO. The molecule has 2 aromatic rings. The molecule has 0 spiro atoms. The predicted molar refractivity (Wildman–Crippen MR) is 86.2 cm³/mol. The number of methoxy groups -OCH3 is 1. The topological polar surface area (TPSA) is 21.3 Å². The summed E-state index contributed by atoms with van der Waals surface area (Å²) in [5.74, 6) is 0.953. The summed E-state index contributed by atoms with van der Waals surface area (Å²) in [6, 6.07) is 13.2. The average Bonchev–Trinajstić information content (AvgIpc) is 2.83. The molecule has 0 fully saturated rings. The molecule has 1 aliphatic heterocycles. The number of rotatable bonds is 1. The number of anilines is 1. The number of hydrogen-bond donors (Lipinski definition) is 1. The maximum absolute atomic E-state index is 5.50. The monoisotopic (exact) mass is 279 g/mol. The Labute approximate surface area is 126 Å². The molecule has 1 heterocycles. The van der Waals surface area contributed by atoms with E-state index in [9.17, 15) is 0 Å². The fourth-order valence-corrected chi connectivity index (χ4v) is 4.31. The summed E-state index contributed by atoms with van der Waals surface area (Å²) in [6.07, 6.45) is 1.08. The van der Waals surface area contributed by atoms with Gasteiger partial charge in [-0.3, -0.25) is 0 Å². The Morgan fingerprint density at radius 1 is 1.10 bits per heavy atom. The van der Waals surface area contributed by atoms with Gasteiger partial charge >= 0.3 is 0 Å². The average molecular weight is 279 g/mol. The minimum atomic E-state index is -0.0386. The summed E-state index contributed by atoms with van der Waals surface area (Å²) in [7, 11) is 1.74. The minimum Gasteiger partial charge on any atom is -0.497 e. The first kappa shape index (κ1) is 12.8. The smallest absolute Gasteiger partial charge is 0.119 e. The molecule has 21 heavy (non-hydrogen) atoms. The largest absolute Gasteiger partial charge is 0.497 e. The van der Waals surface area contributed by atoms with Crippen LogP contribution in [0.3, 0.4) is 0 Å². The van der Waals surface area contributed by atoms with Gasteiger partial charge in [-0.1, -0.05) is 31.2 Å². The van der Waals surface area contributed by atoms with E-state index in [1.54, 1.807) is 7.11 Å². The molecule has 108 valence electrons. The molecular weight excluding hydrogens is 258 g/mol. The molecule has 1 aliphatic carbocycles. The molecule has 2 aliphatic rings. The summed E-state index contributed by atoms with van der Waals surface area (Å²) in [4.78, 5) is 0. The maximum Gasteiger partial charge on any atom is 0.119 e. The van der Waals surface area contributed by atoms with E-state index in [1.165, 1.54) is 27.9 Å². The fourth-order valence-electron chi connectivity index (χ4n) is 4.31. The zero-order chi connectivity index (χ0) is 14.8. The van der Waals surface area contributed by atoms with Crippen LogP contribution in [0.2, 0.25) is 0 Å². The van der Waals surface area contributed by atoms with Crippen LogP contribution in [0, 0.1) is 6.92 Å². The number of aryl methyl sites for hydroxylation is 1. The highest BCUT2D eigenvalue weighted by Crippen LogP contribution is 2.60. The normalized spacial score (nSPS) is 28.6. The number of nitrogens with one attached hydrogen (secondary N) is 1. The van der Waals surface area contributed by atoms with Crippen molar-refractivity contribution >= 4 is 5.69 Å². The quantitative estimate of drug-likeness (QED) is 0.846. The van der Waals surface area contributed by atoms with Gasteiger partial charge in [-0.2, -0.15) is 0 Å². The lowest BCUT2D eigenvalue weighted by Crippen LogP contribution is -2.42. The van der Waals surface area contributed by atoms with Crippen molar-refractivity contribution in [2.24, 2.45) is 0 Å². The van der Waals surface area contributed by atoms with Crippen molar-refractivity contribution in [1.29, 1.82) is 0 Å². The third-order valence-electron chi connectivity index (χ3n) is 5.72. The van der Waals surface area contributed by atoms with Gasteiger partial charge < -0.3 is 10.1 Å². The van der Waals surface area contributed by atoms with Crippen molar-refractivity contribution in [3.05, 3.63) is 58.7 Å². The number of hydrogen-bond acceptors (Lipinski definition) is 2. The summed E-state index contributed by atoms with van der Waals surface area (Å²) < 4.78 is 5.50. The summed E-state index contributed by atoms with van der Waals surface area (Å²) >= 11 is 0. The van der Waals surface area contributed by atoms with Crippen molar-refractivity contribution in [3.63, 3.8) is 0 Å². The highest BCUT2D eigenvalue weighted by molar-refractivity contribution is 5.73. The van der Waals surface area contributed by atoms with Gasteiger partial charge in [-0.25, -0.2) is 0 Å². The Bertz CT molecular complexity index is 751. The van der Waals surface area contributed by atoms with E-state index in [-0.39, 0.29) is 11.0 Å². The second kappa shape index (κ2) is 3.82. The van der Waals surface area contributed by atoms with Crippen molar-refractivity contribution in [2.45, 2.75) is 38.1 Å². The molecule has 2 aromatic carbocycles. The Balaban J connectivity index is 1.98. The molecule has 2 unspecified atom stereocenters. The molecule has 0 saturated carbocycles. The zero-order valence-electron chi connectivity index (χ0n) is 13.1. The van der Waals surface area contributed by atoms with E-state index in [0.29, 0.717) is 0 Å². The van der Waals surface area contributed by atoms with Crippen LogP contribution < -0.4 is 10.1 Å². The highest BCUT2D eigenvalue weighted by Gasteiger charge is 2.58. The molecule has 2 atom stereocenters. The molecule has 4 rings (SSSR count). The lowest BCUT2D eigenvalue weighted by Gasteiger charge is -2.36.